The molecule has 2 aromatic heterocycles. The number of alkyl halides is 5. The Bertz CT molecular complexity index is 612. The number of hydrogen-bond donors (Lipinski definition) is 1. The fourth-order valence-electron chi connectivity index (χ4n) is 1.27. The molecule has 2 heterocycles. The number of H-pyrrole nitrogens is 1. The Kier molecular flexibility index (Phi) is 2.40. The molecule has 2 aromatic rings. The van der Waals surface area contributed by atoms with E-state index in [2.05, 4.69) is 4.98 Å². The molecule has 0 aliphatic heterocycles. The van der Waals surface area contributed by atoms with Gasteiger partial charge in [-0.05, 0) is 0 Å². The van der Waals surface area contributed by atoms with Gasteiger partial charge in [0.15, 0.2) is 5.65 Å². The van der Waals surface area contributed by atoms with Crippen LogP contribution in [0.3, 0.4) is 0 Å². The Hall–Kier alpha value is -1.93. The van der Waals surface area contributed by atoms with Gasteiger partial charge in [-0.2, -0.15) is 13.2 Å². The average molecular weight is 253 g/mol. The van der Waals surface area contributed by atoms with E-state index in [-0.39, 0.29) is 0 Å². The molecule has 0 aliphatic carbocycles. The molecule has 0 radical (unpaired) electrons. The van der Waals surface area contributed by atoms with Crippen molar-refractivity contribution in [3.8, 4) is 0 Å². The van der Waals surface area contributed by atoms with Gasteiger partial charge < -0.3 is 0 Å². The number of aromatic amines is 1. The van der Waals surface area contributed by atoms with E-state index in [1.165, 1.54) is 0 Å². The molecule has 0 aromatic carbocycles. The Balaban J connectivity index is 2.70. The normalized spacial score (nSPS) is 12.6. The minimum absolute atomic E-state index is 0.453. The van der Waals surface area contributed by atoms with Crippen molar-refractivity contribution in [2.24, 2.45) is 0 Å². The summed E-state index contributed by atoms with van der Waals surface area (Å²) in [6, 6.07) is 0.974. The standard InChI is InChI=1S/C8H4F5N3O/c9-7(10)3-1-6(17)16-5(14-3)2-4(15-16)8(11,12)13/h1-2,7,15H. The van der Waals surface area contributed by atoms with Gasteiger partial charge in [-0.3, -0.25) is 9.89 Å². The third-order valence-corrected chi connectivity index (χ3v) is 2.00. The molecule has 4 nitrogen and oxygen atoms in total. The van der Waals surface area contributed by atoms with Crippen LogP contribution in [0.15, 0.2) is 16.9 Å². The van der Waals surface area contributed by atoms with Gasteiger partial charge in [-0.1, -0.05) is 0 Å². The van der Waals surface area contributed by atoms with Crippen molar-refractivity contribution in [3.63, 3.8) is 0 Å². The third kappa shape index (κ3) is 1.99. The van der Waals surface area contributed by atoms with Gasteiger partial charge in [-0.25, -0.2) is 18.3 Å². The SMILES string of the molecule is O=c1cc(C(F)F)nc2cc(C(F)(F)F)[nH]n12. The molecule has 0 unspecified atom stereocenters. The lowest BCUT2D eigenvalue weighted by molar-refractivity contribution is -0.141. The molecule has 0 fully saturated rings. The zero-order chi connectivity index (χ0) is 12.8. The highest BCUT2D eigenvalue weighted by molar-refractivity contribution is 5.40. The number of fused-ring (bicyclic) bond motifs is 1. The number of rotatable bonds is 1. The molecule has 2 rings (SSSR count). The van der Waals surface area contributed by atoms with Gasteiger partial charge in [0.2, 0.25) is 0 Å². The first-order valence-electron chi connectivity index (χ1n) is 4.27. The summed E-state index contributed by atoms with van der Waals surface area (Å²) in [4.78, 5) is 14.5. The van der Waals surface area contributed by atoms with Crippen LogP contribution >= 0.6 is 0 Å². The predicted molar refractivity (Wildman–Crippen MR) is 45.8 cm³/mol. The molecule has 0 saturated heterocycles. The summed E-state index contributed by atoms with van der Waals surface area (Å²) in [7, 11) is 0. The average Bonchev–Trinajstić information content (AvgIpc) is 2.60. The highest BCUT2D eigenvalue weighted by Gasteiger charge is 2.33. The van der Waals surface area contributed by atoms with Gasteiger partial charge in [0, 0.05) is 12.1 Å². The highest BCUT2D eigenvalue weighted by atomic mass is 19.4. The largest absolute Gasteiger partial charge is 0.432 e. The minimum Gasteiger partial charge on any atom is -0.285 e. The van der Waals surface area contributed by atoms with Crippen LogP contribution in [0.2, 0.25) is 0 Å². The van der Waals surface area contributed by atoms with E-state index in [1.807, 2.05) is 0 Å². The lowest BCUT2D eigenvalue weighted by Crippen LogP contribution is -2.16. The van der Waals surface area contributed by atoms with E-state index < -0.39 is 35.2 Å². The number of aromatic nitrogens is 3. The summed E-state index contributed by atoms with van der Waals surface area (Å²) in [5.74, 6) is 0. The predicted octanol–water partition coefficient (Wildman–Crippen LogP) is 1.98. The van der Waals surface area contributed by atoms with Crippen LogP contribution in [0.25, 0.3) is 5.65 Å². The molecule has 9 heteroatoms. The maximum atomic E-state index is 12.3. The number of hydrogen-bond acceptors (Lipinski definition) is 2. The topological polar surface area (TPSA) is 50.2 Å². The molecular formula is C8H4F5N3O. The molecule has 0 spiro atoms. The van der Waals surface area contributed by atoms with Crippen LogP contribution in [0.5, 0.6) is 0 Å². The molecule has 0 bridgehead atoms. The third-order valence-electron chi connectivity index (χ3n) is 2.00. The van der Waals surface area contributed by atoms with E-state index in [0.29, 0.717) is 16.6 Å². The van der Waals surface area contributed by atoms with Crippen molar-refractivity contribution < 1.29 is 22.0 Å². The van der Waals surface area contributed by atoms with Crippen LogP contribution in [-0.4, -0.2) is 14.6 Å². The van der Waals surface area contributed by atoms with Crippen LogP contribution in [0.1, 0.15) is 17.8 Å². The second-order valence-corrected chi connectivity index (χ2v) is 3.18. The lowest BCUT2D eigenvalue weighted by Gasteiger charge is -2.00. The van der Waals surface area contributed by atoms with Crippen LogP contribution in [-0.2, 0) is 6.18 Å². The first-order valence-corrected chi connectivity index (χ1v) is 4.27. The molecule has 0 saturated carbocycles. The Morgan fingerprint density at radius 1 is 1.29 bits per heavy atom. The van der Waals surface area contributed by atoms with Gasteiger partial charge in [0.1, 0.15) is 11.4 Å². The highest BCUT2D eigenvalue weighted by Crippen LogP contribution is 2.28. The van der Waals surface area contributed by atoms with Gasteiger partial charge in [0.05, 0.1) is 0 Å². The van der Waals surface area contributed by atoms with Crippen LogP contribution in [0, 0.1) is 0 Å². The fraction of sp³-hybridized carbons (Fsp3) is 0.250. The summed E-state index contributed by atoms with van der Waals surface area (Å²) in [5, 5.41) is 1.74. The van der Waals surface area contributed by atoms with E-state index in [1.54, 1.807) is 5.10 Å². The van der Waals surface area contributed by atoms with Gasteiger partial charge >= 0.3 is 6.18 Å². The number of halogens is 5. The molecular weight excluding hydrogens is 249 g/mol. The van der Waals surface area contributed by atoms with Crippen molar-refractivity contribution in [1.29, 1.82) is 0 Å². The quantitative estimate of drug-likeness (QED) is 0.790. The Morgan fingerprint density at radius 2 is 1.94 bits per heavy atom. The summed E-state index contributed by atoms with van der Waals surface area (Å²) in [5.41, 5.74) is -3.61. The first-order chi connectivity index (χ1) is 7.79. The molecule has 17 heavy (non-hydrogen) atoms. The Morgan fingerprint density at radius 3 is 2.47 bits per heavy atom. The second-order valence-electron chi connectivity index (χ2n) is 3.18. The van der Waals surface area contributed by atoms with E-state index in [0.717, 1.165) is 0 Å². The van der Waals surface area contributed by atoms with E-state index in [4.69, 9.17) is 0 Å². The molecule has 1 N–H and O–H groups in total. The van der Waals surface area contributed by atoms with Crippen LogP contribution < -0.4 is 5.56 Å². The summed E-state index contributed by atoms with van der Waals surface area (Å²) in [6.07, 6.45) is -7.72. The Labute approximate surface area is 89.7 Å². The van der Waals surface area contributed by atoms with Crippen molar-refractivity contribution in [2.75, 3.05) is 0 Å². The smallest absolute Gasteiger partial charge is 0.285 e. The van der Waals surface area contributed by atoms with Crippen LogP contribution in [0.4, 0.5) is 22.0 Å². The molecule has 0 amide bonds. The minimum atomic E-state index is -4.70. The van der Waals surface area contributed by atoms with Crippen molar-refractivity contribution in [3.05, 3.63) is 33.9 Å². The van der Waals surface area contributed by atoms with Crippen molar-refractivity contribution in [1.82, 2.24) is 14.6 Å². The number of nitrogens with zero attached hydrogens (tertiary/aromatic N) is 2. The van der Waals surface area contributed by atoms with E-state index >= 15 is 0 Å². The summed E-state index contributed by atoms with van der Waals surface area (Å²) < 4.78 is 61.9. The van der Waals surface area contributed by atoms with Crippen molar-refractivity contribution >= 4 is 5.65 Å². The fourth-order valence-corrected chi connectivity index (χ4v) is 1.27. The molecule has 0 aliphatic rings. The maximum Gasteiger partial charge on any atom is 0.432 e. The monoisotopic (exact) mass is 253 g/mol. The zero-order valence-electron chi connectivity index (χ0n) is 7.92. The second kappa shape index (κ2) is 3.54. The van der Waals surface area contributed by atoms with Gasteiger partial charge in [0.25, 0.3) is 12.0 Å². The summed E-state index contributed by atoms with van der Waals surface area (Å²) >= 11 is 0. The maximum absolute atomic E-state index is 12.3. The van der Waals surface area contributed by atoms with Crippen molar-refractivity contribution in [2.45, 2.75) is 12.6 Å². The number of nitrogens with one attached hydrogen (secondary N) is 1. The molecule has 0 atom stereocenters. The first kappa shape index (κ1) is 11.6. The summed E-state index contributed by atoms with van der Waals surface area (Å²) in [6.45, 7) is 0. The lowest BCUT2D eigenvalue weighted by atomic mass is 10.4. The molecule has 92 valence electrons. The zero-order valence-corrected chi connectivity index (χ0v) is 7.92. The van der Waals surface area contributed by atoms with E-state index in [9.17, 15) is 26.7 Å². The van der Waals surface area contributed by atoms with Gasteiger partial charge in [-0.15, -0.1) is 0 Å².